The van der Waals surface area contributed by atoms with Crippen LogP contribution in [0.4, 0.5) is 11.4 Å². The third kappa shape index (κ3) is 4.65. The van der Waals surface area contributed by atoms with E-state index in [1.807, 2.05) is 12.1 Å². The van der Waals surface area contributed by atoms with Crippen molar-refractivity contribution in [2.75, 3.05) is 10.0 Å². The van der Waals surface area contributed by atoms with Gasteiger partial charge in [-0.05, 0) is 59.5 Å². The second kappa shape index (κ2) is 8.12. The molecule has 7 nitrogen and oxygen atoms in total. The van der Waals surface area contributed by atoms with Crippen molar-refractivity contribution in [1.29, 1.82) is 0 Å². The van der Waals surface area contributed by atoms with Gasteiger partial charge >= 0.3 is 0 Å². The zero-order valence-electron chi connectivity index (χ0n) is 18.0. The molecule has 8 heteroatoms. The average molecular weight is 449 g/mol. The smallest absolute Gasteiger partial charge is 0.272 e. The zero-order valence-corrected chi connectivity index (χ0v) is 18.8. The van der Waals surface area contributed by atoms with E-state index in [4.69, 9.17) is 0 Å². The molecule has 1 amide bonds. The van der Waals surface area contributed by atoms with E-state index in [1.54, 1.807) is 60.9 Å². The van der Waals surface area contributed by atoms with Crippen LogP contribution in [0.15, 0.2) is 78.0 Å². The molecule has 2 aromatic carbocycles. The molecule has 32 heavy (non-hydrogen) atoms. The number of hydrogen-bond donors (Lipinski definition) is 3. The summed E-state index contributed by atoms with van der Waals surface area (Å²) in [5.41, 5.74) is 3.14. The largest absolute Gasteiger partial charge is 0.351 e. The number of carbonyl (C=O) groups excluding carboxylic acids is 1. The number of aromatic nitrogens is 2. The molecular formula is C24H24N4O3S. The number of nitrogens with one attached hydrogen (secondary N) is 3. The quantitative estimate of drug-likeness (QED) is 0.403. The fourth-order valence-corrected chi connectivity index (χ4v) is 4.35. The van der Waals surface area contributed by atoms with E-state index in [2.05, 4.69) is 40.8 Å². The first-order valence-corrected chi connectivity index (χ1v) is 11.6. The van der Waals surface area contributed by atoms with Gasteiger partial charge in [-0.1, -0.05) is 32.9 Å². The number of hydrogen-bond acceptors (Lipinski definition) is 4. The van der Waals surface area contributed by atoms with Gasteiger partial charge in [-0.25, -0.2) is 8.42 Å². The number of amides is 1. The van der Waals surface area contributed by atoms with Crippen LogP contribution in [0.2, 0.25) is 0 Å². The number of rotatable bonds is 5. The van der Waals surface area contributed by atoms with Gasteiger partial charge < -0.3 is 10.3 Å². The highest BCUT2D eigenvalue weighted by Gasteiger charge is 2.18. The summed E-state index contributed by atoms with van der Waals surface area (Å²) in [5, 5.41) is 3.50. The highest BCUT2D eigenvalue weighted by molar-refractivity contribution is 7.92. The number of nitrogens with zero attached hydrogens (tertiary/aromatic N) is 1. The van der Waals surface area contributed by atoms with Crippen LogP contribution in [-0.2, 0) is 15.4 Å². The Morgan fingerprint density at radius 1 is 0.906 bits per heavy atom. The fraction of sp³-hybridized carbons (Fsp3) is 0.167. The summed E-state index contributed by atoms with van der Waals surface area (Å²) in [6.45, 7) is 6.23. The van der Waals surface area contributed by atoms with Crippen molar-refractivity contribution in [2.24, 2.45) is 0 Å². The number of aromatic amines is 1. The lowest BCUT2D eigenvalue weighted by molar-refractivity contribution is 0.102. The lowest BCUT2D eigenvalue weighted by Crippen LogP contribution is -2.14. The number of fused-ring (bicyclic) bond motifs is 1. The summed E-state index contributed by atoms with van der Waals surface area (Å²) < 4.78 is 28.3. The molecule has 0 spiro atoms. The standard InChI is InChI=1S/C24H24N4O3S/c1-24(2,3)17-4-7-20(8-5-17)32(30,31)28-19-6-9-21-16(14-19)15-22(27-21)23(29)26-18-10-12-25-13-11-18/h4-15,27-28H,1-3H3,(H,25,26,29). The first kappa shape index (κ1) is 21.6. The molecule has 0 radical (unpaired) electrons. The summed E-state index contributed by atoms with van der Waals surface area (Å²) >= 11 is 0. The number of anilines is 2. The third-order valence-electron chi connectivity index (χ3n) is 5.09. The van der Waals surface area contributed by atoms with Crippen LogP contribution in [0.1, 0.15) is 36.8 Å². The molecule has 0 aliphatic rings. The molecule has 0 saturated heterocycles. The second-order valence-electron chi connectivity index (χ2n) is 8.55. The fourth-order valence-electron chi connectivity index (χ4n) is 3.30. The Hall–Kier alpha value is -3.65. The van der Waals surface area contributed by atoms with Gasteiger partial charge in [0, 0.05) is 34.7 Å². The Labute approximate surface area is 187 Å². The van der Waals surface area contributed by atoms with E-state index in [0.29, 0.717) is 22.5 Å². The Morgan fingerprint density at radius 2 is 1.59 bits per heavy atom. The molecule has 0 aliphatic heterocycles. The van der Waals surface area contributed by atoms with Gasteiger partial charge in [-0.3, -0.25) is 14.5 Å². The highest BCUT2D eigenvalue weighted by Crippen LogP contribution is 2.26. The predicted molar refractivity (Wildman–Crippen MR) is 126 cm³/mol. The Morgan fingerprint density at radius 3 is 2.25 bits per heavy atom. The van der Waals surface area contributed by atoms with E-state index in [0.717, 1.165) is 11.1 Å². The summed E-state index contributed by atoms with van der Waals surface area (Å²) in [7, 11) is -3.74. The summed E-state index contributed by atoms with van der Waals surface area (Å²) in [5.74, 6) is -0.298. The van der Waals surface area contributed by atoms with Crippen LogP contribution in [-0.4, -0.2) is 24.3 Å². The maximum absolute atomic E-state index is 12.8. The van der Waals surface area contributed by atoms with Crippen molar-refractivity contribution in [3.8, 4) is 0 Å². The van der Waals surface area contributed by atoms with Crippen molar-refractivity contribution in [3.05, 3.63) is 84.3 Å². The number of benzene rings is 2. The molecule has 0 atom stereocenters. The molecular weight excluding hydrogens is 424 g/mol. The molecule has 2 heterocycles. The van der Waals surface area contributed by atoms with E-state index < -0.39 is 10.0 Å². The molecule has 0 fully saturated rings. The minimum absolute atomic E-state index is 0.0591. The number of pyridine rings is 1. The molecule has 4 rings (SSSR count). The topological polar surface area (TPSA) is 104 Å². The van der Waals surface area contributed by atoms with Crippen LogP contribution in [0.3, 0.4) is 0 Å². The van der Waals surface area contributed by atoms with E-state index in [9.17, 15) is 13.2 Å². The van der Waals surface area contributed by atoms with Gasteiger partial charge in [-0.15, -0.1) is 0 Å². The van der Waals surface area contributed by atoms with Crippen LogP contribution >= 0.6 is 0 Å². The Balaban J connectivity index is 1.54. The minimum Gasteiger partial charge on any atom is -0.351 e. The van der Waals surface area contributed by atoms with E-state index in [1.165, 1.54) is 0 Å². The van der Waals surface area contributed by atoms with E-state index in [-0.39, 0.29) is 16.2 Å². The number of sulfonamides is 1. The van der Waals surface area contributed by atoms with Crippen molar-refractivity contribution in [3.63, 3.8) is 0 Å². The van der Waals surface area contributed by atoms with Crippen LogP contribution < -0.4 is 10.0 Å². The van der Waals surface area contributed by atoms with Gasteiger partial charge in [0.25, 0.3) is 15.9 Å². The number of carbonyl (C=O) groups is 1. The Kier molecular flexibility index (Phi) is 5.48. The lowest BCUT2D eigenvalue weighted by atomic mass is 9.87. The molecule has 0 aliphatic carbocycles. The minimum atomic E-state index is -3.74. The van der Waals surface area contributed by atoms with Crippen LogP contribution in [0.25, 0.3) is 10.9 Å². The molecule has 0 bridgehead atoms. The van der Waals surface area contributed by atoms with Gasteiger partial charge in [0.2, 0.25) is 0 Å². The summed E-state index contributed by atoms with van der Waals surface area (Å²) in [6, 6.07) is 17.0. The van der Waals surface area contributed by atoms with Crippen molar-refractivity contribution in [2.45, 2.75) is 31.1 Å². The Bertz CT molecular complexity index is 1370. The first-order chi connectivity index (χ1) is 15.1. The van der Waals surface area contributed by atoms with Crippen molar-refractivity contribution in [1.82, 2.24) is 9.97 Å². The molecule has 3 N–H and O–H groups in total. The van der Waals surface area contributed by atoms with Crippen molar-refractivity contribution < 1.29 is 13.2 Å². The van der Waals surface area contributed by atoms with Crippen LogP contribution in [0.5, 0.6) is 0 Å². The highest BCUT2D eigenvalue weighted by atomic mass is 32.2. The zero-order chi connectivity index (χ0) is 22.9. The SMILES string of the molecule is CC(C)(C)c1ccc(S(=O)(=O)Nc2ccc3[nH]c(C(=O)Nc4ccncc4)cc3c2)cc1. The van der Waals surface area contributed by atoms with Crippen molar-refractivity contribution >= 4 is 38.2 Å². The molecule has 4 aromatic rings. The summed E-state index contributed by atoms with van der Waals surface area (Å²) in [6.07, 6.45) is 3.19. The van der Waals surface area contributed by atoms with Crippen LogP contribution in [0, 0.1) is 0 Å². The molecule has 0 unspecified atom stereocenters. The van der Waals surface area contributed by atoms with Gasteiger partial charge in [0.1, 0.15) is 5.69 Å². The van der Waals surface area contributed by atoms with Gasteiger partial charge in [0.05, 0.1) is 4.90 Å². The summed E-state index contributed by atoms with van der Waals surface area (Å²) in [4.78, 5) is 19.7. The maximum atomic E-state index is 12.8. The molecule has 0 saturated carbocycles. The third-order valence-corrected chi connectivity index (χ3v) is 6.48. The normalized spacial score (nSPS) is 12.0. The second-order valence-corrected chi connectivity index (χ2v) is 10.2. The maximum Gasteiger partial charge on any atom is 0.272 e. The number of H-pyrrole nitrogens is 1. The average Bonchev–Trinajstić information content (AvgIpc) is 3.17. The van der Waals surface area contributed by atoms with Gasteiger partial charge in [-0.2, -0.15) is 0 Å². The first-order valence-electron chi connectivity index (χ1n) is 10.1. The molecule has 164 valence electrons. The van der Waals surface area contributed by atoms with Gasteiger partial charge in [0.15, 0.2) is 0 Å². The lowest BCUT2D eigenvalue weighted by Gasteiger charge is -2.19. The molecule has 2 aromatic heterocycles. The predicted octanol–water partition coefficient (Wildman–Crippen LogP) is 4.91. The van der Waals surface area contributed by atoms with E-state index >= 15 is 0 Å². The monoisotopic (exact) mass is 448 g/mol.